The number of rotatable bonds is 7. The molecule has 0 fully saturated rings. The number of ether oxygens (including phenoxy) is 1. The van der Waals surface area contributed by atoms with Gasteiger partial charge in [0.25, 0.3) is 0 Å². The van der Waals surface area contributed by atoms with Gasteiger partial charge in [0.1, 0.15) is 16.8 Å². The van der Waals surface area contributed by atoms with E-state index in [9.17, 15) is 5.26 Å². The van der Waals surface area contributed by atoms with Gasteiger partial charge in [0.05, 0.1) is 27.9 Å². The lowest BCUT2D eigenvalue weighted by Gasteiger charge is -2.13. The zero-order valence-electron chi connectivity index (χ0n) is 17.9. The molecule has 0 bridgehead atoms. The van der Waals surface area contributed by atoms with Crippen LogP contribution in [-0.4, -0.2) is 11.6 Å². The van der Waals surface area contributed by atoms with E-state index >= 15 is 0 Å². The molecule has 4 aromatic rings. The molecule has 0 aliphatic rings. The molecule has 0 saturated carbocycles. The van der Waals surface area contributed by atoms with Gasteiger partial charge in [-0.05, 0) is 60.5 Å². The van der Waals surface area contributed by atoms with Crippen LogP contribution in [0.5, 0.6) is 5.75 Å². The van der Waals surface area contributed by atoms with E-state index in [1.54, 1.807) is 6.07 Å². The maximum atomic E-state index is 10.0. The minimum Gasteiger partial charge on any atom is -0.494 e. The van der Waals surface area contributed by atoms with Crippen LogP contribution >= 0.6 is 35.0 Å². The van der Waals surface area contributed by atoms with Crippen molar-refractivity contribution in [3.05, 3.63) is 100 Å². The predicted octanol–water partition coefficient (Wildman–Crippen LogP) is 8.29. The van der Waals surface area contributed by atoms with Crippen LogP contribution in [0.1, 0.15) is 18.1 Å². The first-order valence-electron chi connectivity index (χ1n) is 10.4. The van der Waals surface area contributed by atoms with Crippen molar-refractivity contribution in [1.82, 2.24) is 4.98 Å². The van der Waals surface area contributed by atoms with Crippen LogP contribution in [0, 0.1) is 11.3 Å². The molecule has 0 spiro atoms. The Hall–Kier alpha value is -2.97. The van der Waals surface area contributed by atoms with Gasteiger partial charge in [-0.3, -0.25) is 0 Å². The Kier molecular flexibility index (Phi) is 7.57. The lowest BCUT2D eigenvalue weighted by atomic mass is 9.99. The SMILES string of the molecule is CCOc1ccc(-c2cc(-c3ccccc3)c(C#N)c(SCc3ccc(Cl)c(Cl)c3)n2)cc1. The number of aromatic nitrogens is 1. The number of nitriles is 1. The van der Waals surface area contributed by atoms with Gasteiger partial charge in [-0.1, -0.05) is 59.6 Å². The third-order valence-electron chi connectivity index (χ3n) is 5.00. The summed E-state index contributed by atoms with van der Waals surface area (Å²) in [7, 11) is 0. The maximum absolute atomic E-state index is 10.0. The highest BCUT2D eigenvalue weighted by molar-refractivity contribution is 7.98. The number of nitrogens with zero attached hydrogens (tertiary/aromatic N) is 2. The summed E-state index contributed by atoms with van der Waals surface area (Å²) >= 11 is 13.7. The van der Waals surface area contributed by atoms with Crippen LogP contribution in [0.4, 0.5) is 0 Å². The van der Waals surface area contributed by atoms with Gasteiger partial charge in [-0.2, -0.15) is 5.26 Å². The molecule has 3 nitrogen and oxygen atoms in total. The Morgan fingerprint density at radius 2 is 1.67 bits per heavy atom. The van der Waals surface area contributed by atoms with Crippen molar-refractivity contribution >= 4 is 35.0 Å². The number of pyridine rings is 1. The maximum Gasteiger partial charge on any atom is 0.119 e. The third-order valence-corrected chi connectivity index (χ3v) is 6.79. The van der Waals surface area contributed by atoms with Crippen molar-refractivity contribution in [3.63, 3.8) is 0 Å². The van der Waals surface area contributed by atoms with Crippen LogP contribution in [-0.2, 0) is 5.75 Å². The molecule has 0 radical (unpaired) electrons. The van der Waals surface area contributed by atoms with E-state index in [0.717, 1.165) is 33.7 Å². The second-order valence-corrected chi connectivity index (χ2v) is 8.99. The third kappa shape index (κ3) is 5.51. The molecule has 0 amide bonds. The monoisotopic (exact) mass is 490 g/mol. The second kappa shape index (κ2) is 10.8. The summed E-state index contributed by atoms with van der Waals surface area (Å²) in [5, 5.41) is 11.7. The van der Waals surface area contributed by atoms with Gasteiger partial charge < -0.3 is 4.74 Å². The Labute approximate surface area is 208 Å². The van der Waals surface area contributed by atoms with Gasteiger partial charge in [0.2, 0.25) is 0 Å². The van der Waals surface area contributed by atoms with Gasteiger partial charge in [-0.25, -0.2) is 4.98 Å². The first-order valence-corrected chi connectivity index (χ1v) is 12.1. The molecular weight excluding hydrogens is 471 g/mol. The highest BCUT2D eigenvalue weighted by atomic mass is 35.5. The average molecular weight is 491 g/mol. The quantitative estimate of drug-likeness (QED) is 0.244. The molecule has 0 saturated heterocycles. The summed E-state index contributed by atoms with van der Waals surface area (Å²) in [6, 6.07) is 27.7. The van der Waals surface area contributed by atoms with Crippen molar-refractivity contribution in [2.45, 2.75) is 17.7 Å². The molecule has 33 heavy (non-hydrogen) atoms. The molecule has 164 valence electrons. The topological polar surface area (TPSA) is 45.9 Å². The van der Waals surface area contributed by atoms with Crippen molar-refractivity contribution in [2.24, 2.45) is 0 Å². The zero-order chi connectivity index (χ0) is 23.2. The van der Waals surface area contributed by atoms with E-state index in [2.05, 4.69) is 6.07 Å². The molecule has 0 atom stereocenters. The molecule has 0 aliphatic carbocycles. The van der Waals surface area contributed by atoms with Gasteiger partial charge >= 0.3 is 0 Å². The van der Waals surface area contributed by atoms with E-state index in [0.29, 0.717) is 33.0 Å². The van der Waals surface area contributed by atoms with E-state index in [4.69, 9.17) is 32.9 Å². The first kappa shape index (κ1) is 23.2. The summed E-state index contributed by atoms with van der Waals surface area (Å²) in [6.07, 6.45) is 0. The number of benzene rings is 3. The van der Waals surface area contributed by atoms with E-state index in [1.165, 1.54) is 11.8 Å². The Balaban J connectivity index is 1.77. The lowest BCUT2D eigenvalue weighted by Crippen LogP contribution is -1.97. The predicted molar refractivity (Wildman–Crippen MR) is 137 cm³/mol. The van der Waals surface area contributed by atoms with Crippen LogP contribution in [0.3, 0.4) is 0 Å². The highest BCUT2D eigenvalue weighted by Crippen LogP contribution is 2.36. The summed E-state index contributed by atoms with van der Waals surface area (Å²) in [5.74, 6) is 1.42. The minimum absolute atomic E-state index is 0.511. The molecule has 0 aliphatic heterocycles. The fraction of sp³-hybridized carbons (Fsp3) is 0.111. The average Bonchev–Trinajstić information content (AvgIpc) is 2.85. The molecule has 0 unspecified atom stereocenters. The number of halogens is 2. The van der Waals surface area contributed by atoms with E-state index in [-0.39, 0.29) is 0 Å². The lowest BCUT2D eigenvalue weighted by molar-refractivity contribution is 0.340. The summed E-state index contributed by atoms with van der Waals surface area (Å²) in [5.41, 5.74) is 5.14. The van der Waals surface area contributed by atoms with Gasteiger partial charge in [0.15, 0.2) is 0 Å². The van der Waals surface area contributed by atoms with Crippen LogP contribution in [0.15, 0.2) is 83.9 Å². The van der Waals surface area contributed by atoms with Crippen molar-refractivity contribution in [3.8, 4) is 34.2 Å². The standard InChI is InChI=1S/C27H20Cl2N2OS/c1-2-32-21-11-9-20(10-12-21)26-15-22(19-6-4-3-5-7-19)23(16-30)27(31-26)33-17-18-8-13-24(28)25(29)14-18/h3-15H,2,17H2,1H3. The van der Waals surface area contributed by atoms with Crippen LogP contribution in [0.25, 0.3) is 22.4 Å². The smallest absolute Gasteiger partial charge is 0.119 e. The number of thioether (sulfide) groups is 1. The van der Waals surface area contributed by atoms with Crippen molar-refractivity contribution in [1.29, 1.82) is 5.26 Å². The van der Waals surface area contributed by atoms with Crippen LogP contribution < -0.4 is 4.74 Å². The fourth-order valence-electron chi connectivity index (χ4n) is 3.40. The molecule has 1 aromatic heterocycles. The minimum atomic E-state index is 0.511. The number of hydrogen-bond donors (Lipinski definition) is 0. The number of hydrogen-bond acceptors (Lipinski definition) is 4. The fourth-order valence-corrected chi connectivity index (χ4v) is 4.66. The van der Waals surface area contributed by atoms with E-state index < -0.39 is 0 Å². The Morgan fingerprint density at radius 3 is 2.33 bits per heavy atom. The highest BCUT2D eigenvalue weighted by Gasteiger charge is 2.16. The Morgan fingerprint density at radius 1 is 0.909 bits per heavy atom. The molecule has 4 rings (SSSR count). The van der Waals surface area contributed by atoms with Gasteiger partial charge in [-0.15, -0.1) is 11.8 Å². The van der Waals surface area contributed by atoms with Crippen molar-refractivity contribution in [2.75, 3.05) is 6.61 Å². The van der Waals surface area contributed by atoms with E-state index in [1.807, 2.05) is 79.7 Å². The summed E-state index contributed by atoms with van der Waals surface area (Å²) < 4.78 is 5.57. The normalized spacial score (nSPS) is 10.6. The molecule has 3 aromatic carbocycles. The second-order valence-electron chi connectivity index (χ2n) is 7.21. The molecule has 0 N–H and O–H groups in total. The van der Waals surface area contributed by atoms with Gasteiger partial charge in [0, 0.05) is 16.9 Å². The summed E-state index contributed by atoms with van der Waals surface area (Å²) in [6.45, 7) is 2.57. The largest absolute Gasteiger partial charge is 0.494 e. The van der Waals surface area contributed by atoms with Crippen molar-refractivity contribution < 1.29 is 4.74 Å². The zero-order valence-corrected chi connectivity index (χ0v) is 20.2. The molecule has 1 heterocycles. The first-order chi connectivity index (χ1) is 16.1. The van der Waals surface area contributed by atoms with Crippen LogP contribution in [0.2, 0.25) is 10.0 Å². The molecule has 6 heteroatoms. The Bertz CT molecular complexity index is 1300. The molecular formula is C27H20Cl2N2OS. The summed E-state index contributed by atoms with van der Waals surface area (Å²) in [4.78, 5) is 4.87.